The summed E-state index contributed by atoms with van der Waals surface area (Å²) < 4.78 is 15.4. The molecular weight excluding hydrogens is 701 g/mol. The second-order valence-corrected chi connectivity index (χ2v) is 14.8. The summed E-state index contributed by atoms with van der Waals surface area (Å²) in [5.74, 6) is 0.854. The highest BCUT2D eigenvalue weighted by molar-refractivity contribution is 6.11. The normalized spacial score (nSPS) is 15.9. The molecule has 12 rings (SSSR count). The Bertz CT molecular complexity index is 3320. The van der Waals surface area contributed by atoms with Gasteiger partial charge in [-0.2, -0.15) is 0 Å². The van der Waals surface area contributed by atoms with E-state index in [0.29, 0.717) is 0 Å². The van der Waals surface area contributed by atoms with Crippen LogP contribution in [0.15, 0.2) is 196 Å². The van der Waals surface area contributed by atoms with Crippen molar-refractivity contribution >= 4 is 71.5 Å². The molecule has 3 aromatic heterocycles. The molecule has 11 aromatic rings. The summed E-state index contributed by atoms with van der Waals surface area (Å²) in [5, 5.41) is 14.2. The lowest BCUT2D eigenvalue weighted by atomic mass is 10.0. The van der Waals surface area contributed by atoms with E-state index in [0.717, 1.165) is 83.2 Å². The van der Waals surface area contributed by atoms with Crippen LogP contribution in [0.3, 0.4) is 0 Å². The lowest BCUT2D eigenvalue weighted by Crippen LogP contribution is -2.44. The Labute approximate surface area is 327 Å². The van der Waals surface area contributed by atoms with Crippen LogP contribution in [-0.4, -0.2) is 10.4 Å². The fourth-order valence-electron chi connectivity index (χ4n) is 8.72. The van der Waals surface area contributed by atoms with Crippen molar-refractivity contribution in [1.29, 1.82) is 0 Å². The molecule has 6 nitrogen and oxygen atoms in total. The van der Waals surface area contributed by atoms with Gasteiger partial charge in [-0.05, 0) is 76.9 Å². The van der Waals surface area contributed by atoms with Crippen LogP contribution in [0.5, 0.6) is 0 Å². The second-order valence-electron chi connectivity index (χ2n) is 14.8. The third-order valence-electron chi connectivity index (χ3n) is 11.5. The van der Waals surface area contributed by atoms with Crippen LogP contribution in [0.4, 0.5) is 0 Å². The molecule has 2 unspecified atom stereocenters. The van der Waals surface area contributed by atoms with Gasteiger partial charge in [0.1, 0.15) is 40.5 Å². The summed E-state index contributed by atoms with van der Waals surface area (Å²) in [7, 11) is 0. The fraction of sp³-hybridized carbons (Fsp3) is 0.0392. The first-order valence-corrected chi connectivity index (χ1v) is 19.3. The van der Waals surface area contributed by atoms with Crippen molar-refractivity contribution in [2.24, 2.45) is 4.99 Å². The lowest BCUT2D eigenvalue weighted by molar-refractivity contribution is 0.409. The summed E-state index contributed by atoms with van der Waals surface area (Å²) in [6.07, 6.45) is -0.377. The predicted octanol–water partition coefficient (Wildman–Crippen LogP) is 12.6. The molecule has 0 fully saturated rings. The molecule has 4 heterocycles. The molecule has 0 saturated heterocycles. The molecule has 0 bridgehead atoms. The van der Waals surface area contributed by atoms with Gasteiger partial charge in [0.2, 0.25) is 0 Å². The largest absolute Gasteiger partial charge is 0.456 e. The average Bonchev–Trinajstić information content (AvgIpc) is 3.95. The molecule has 0 aliphatic carbocycles. The zero-order valence-electron chi connectivity index (χ0n) is 30.7. The third kappa shape index (κ3) is 5.19. The molecule has 57 heavy (non-hydrogen) atoms. The van der Waals surface area contributed by atoms with Gasteiger partial charge in [-0.1, -0.05) is 121 Å². The Kier molecular flexibility index (Phi) is 7.03. The van der Waals surface area contributed by atoms with E-state index < -0.39 is 0 Å². The zero-order chi connectivity index (χ0) is 37.5. The van der Waals surface area contributed by atoms with E-state index >= 15 is 0 Å². The Morgan fingerprint density at radius 3 is 1.81 bits per heavy atom. The average molecular weight is 735 g/mol. The third-order valence-corrected chi connectivity index (χ3v) is 11.5. The number of nitrogens with zero attached hydrogens (tertiary/aromatic N) is 2. The van der Waals surface area contributed by atoms with E-state index in [4.69, 9.17) is 13.8 Å². The van der Waals surface area contributed by atoms with Crippen molar-refractivity contribution in [3.05, 3.63) is 199 Å². The number of benzene rings is 8. The maximum Gasteiger partial charge on any atom is 0.137 e. The van der Waals surface area contributed by atoms with Crippen LogP contribution >= 0.6 is 0 Å². The van der Waals surface area contributed by atoms with Crippen molar-refractivity contribution in [3.63, 3.8) is 0 Å². The number of nitrogens with one attached hydrogen (secondary N) is 2. The van der Waals surface area contributed by atoms with Gasteiger partial charge in [-0.15, -0.1) is 0 Å². The van der Waals surface area contributed by atoms with E-state index in [9.17, 15) is 0 Å². The number of amidine groups is 1. The summed E-state index contributed by atoms with van der Waals surface area (Å²) in [5.41, 5.74) is 12.3. The molecule has 2 N–H and O–H groups in total. The summed E-state index contributed by atoms with van der Waals surface area (Å²) in [6.45, 7) is 0. The number of para-hydroxylation sites is 2. The molecule has 1 aliphatic rings. The molecule has 6 heteroatoms. The SMILES string of the molecule is c1ccc(C2=NC(c3ccccc3)NC(c3ccc4c(c3)oc3ccc(-c5ccc6c(c5)oc5cc(-n7c8ccccc8c8ccccc87)ccc56)cc34)N2)cc1. The van der Waals surface area contributed by atoms with Gasteiger partial charge >= 0.3 is 0 Å². The minimum Gasteiger partial charge on any atom is -0.456 e. The first-order valence-electron chi connectivity index (χ1n) is 19.3. The van der Waals surface area contributed by atoms with Crippen LogP contribution < -0.4 is 10.6 Å². The quantitative estimate of drug-likeness (QED) is 0.185. The van der Waals surface area contributed by atoms with E-state index in [1.807, 2.05) is 24.3 Å². The van der Waals surface area contributed by atoms with Crippen molar-refractivity contribution in [2.75, 3.05) is 0 Å². The summed E-state index contributed by atoms with van der Waals surface area (Å²) >= 11 is 0. The predicted molar refractivity (Wildman–Crippen MR) is 232 cm³/mol. The highest BCUT2D eigenvalue weighted by atomic mass is 16.3. The second kappa shape index (κ2) is 12.6. The van der Waals surface area contributed by atoms with Gasteiger partial charge in [-0.25, -0.2) is 4.99 Å². The number of fused-ring (bicyclic) bond motifs is 9. The van der Waals surface area contributed by atoms with Gasteiger partial charge in [0, 0.05) is 49.6 Å². The molecule has 0 spiro atoms. The molecule has 270 valence electrons. The minimum atomic E-state index is -0.201. The van der Waals surface area contributed by atoms with Gasteiger partial charge in [0.15, 0.2) is 0 Å². The Morgan fingerprint density at radius 2 is 1.02 bits per heavy atom. The topological polar surface area (TPSA) is 67.6 Å². The zero-order valence-corrected chi connectivity index (χ0v) is 30.7. The van der Waals surface area contributed by atoms with Crippen LogP contribution in [0.25, 0.3) is 82.5 Å². The monoisotopic (exact) mass is 734 g/mol. The van der Waals surface area contributed by atoms with Crippen LogP contribution in [-0.2, 0) is 0 Å². The molecule has 8 aromatic carbocycles. The van der Waals surface area contributed by atoms with Crippen molar-refractivity contribution < 1.29 is 8.83 Å². The van der Waals surface area contributed by atoms with Crippen molar-refractivity contribution in [1.82, 2.24) is 15.2 Å². The maximum absolute atomic E-state index is 6.61. The number of aliphatic imine (C=N–C) groups is 1. The number of furan rings is 2. The van der Waals surface area contributed by atoms with Gasteiger partial charge in [0.25, 0.3) is 0 Å². The van der Waals surface area contributed by atoms with Crippen molar-refractivity contribution in [3.8, 4) is 16.8 Å². The molecule has 1 aliphatic heterocycles. The molecule has 0 radical (unpaired) electrons. The molecule has 2 atom stereocenters. The van der Waals surface area contributed by atoms with Gasteiger partial charge < -0.3 is 18.7 Å². The Balaban J connectivity index is 0.888. The number of hydrogen-bond donors (Lipinski definition) is 2. The first-order chi connectivity index (χ1) is 28.2. The standard InChI is InChI=1S/C51H34N4O2/c1-3-11-31(12-4-1)49-52-50(32-13-5-2-6-14-32)54-51(53-49)35-20-24-41-42-27-33(21-26-45(42)56-47(41)29-35)34-19-23-39-40-25-22-36(30-48(40)57-46(39)28-34)55-43-17-9-7-15-37(43)38-16-8-10-18-44(38)55/h1-30,49,51,53H,(H,52,54). The first kappa shape index (κ1) is 31.9. The lowest BCUT2D eigenvalue weighted by Gasteiger charge is -2.32. The number of hydrogen-bond acceptors (Lipinski definition) is 5. The maximum atomic E-state index is 6.61. The van der Waals surface area contributed by atoms with E-state index in [1.165, 1.54) is 21.8 Å². The minimum absolute atomic E-state index is 0.176. The van der Waals surface area contributed by atoms with Crippen LogP contribution in [0.2, 0.25) is 0 Å². The van der Waals surface area contributed by atoms with Gasteiger partial charge in [-0.3, -0.25) is 5.32 Å². The Hall–Kier alpha value is -7.41. The molecule has 0 amide bonds. The summed E-state index contributed by atoms with van der Waals surface area (Å²) in [4.78, 5) is 5.06. The van der Waals surface area contributed by atoms with Crippen LogP contribution in [0.1, 0.15) is 29.0 Å². The Morgan fingerprint density at radius 1 is 0.421 bits per heavy atom. The van der Waals surface area contributed by atoms with Crippen molar-refractivity contribution in [2.45, 2.75) is 12.3 Å². The highest BCUT2D eigenvalue weighted by Crippen LogP contribution is 2.39. The fourth-order valence-corrected chi connectivity index (χ4v) is 8.72. The number of aromatic nitrogens is 1. The van der Waals surface area contributed by atoms with E-state index in [1.54, 1.807) is 0 Å². The smallest absolute Gasteiger partial charge is 0.137 e. The van der Waals surface area contributed by atoms with Gasteiger partial charge in [0.05, 0.1) is 11.0 Å². The summed E-state index contributed by atoms with van der Waals surface area (Å²) in [6, 6.07) is 63.9. The highest BCUT2D eigenvalue weighted by Gasteiger charge is 2.26. The van der Waals surface area contributed by atoms with E-state index in [2.05, 4.69) is 173 Å². The van der Waals surface area contributed by atoms with Crippen LogP contribution in [0, 0.1) is 0 Å². The number of rotatable bonds is 5. The molecule has 0 saturated carbocycles. The molecular formula is C51H34N4O2. The van der Waals surface area contributed by atoms with E-state index in [-0.39, 0.29) is 12.3 Å².